The number of nitrogens with zero attached hydrogens (tertiary/aromatic N) is 1. The molecule has 0 unspecified atom stereocenters. The van der Waals surface area contributed by atoms with Crippen molar-refractivity contribution < 1.29 is 4.79 Å². The van der Waals surface area contributed by atoms with Gasteiger partial charge >= 0.3 is 0 Å². The highest BCUT2D eigenvalue weighted by Crippen LogP contribution is 2.12. The third-order valence-corrected chi connectivity index (χ3v) is 2.50. The minimum absolute atomic E-state index is 0.202. The Morgan fingerprint density at radius 1 is 1.47 bits per heavy atom. The molecule has 0 aliphatic heterocycles. The van der Waals surface area contributed by atoms with E-state index >= 15 is 0 Å². The van der Waals surface area contributed by atoms with Crippen molar-refractivity contribution >= 4 is 17.5 Å². The summed E-state index contributed by atoms with van der Waals surface area (Å²) in [7, 11) is 0. The number of carbonyl (C=O) groups is 1. The number of Topliss-reactive ketones (excluding diaryl/α,β-unsaturated/α-hetero) is 1. The molecular weight excluding hydrogens is 206 g/mol. The SMILES string of the molecule is CCSC=C(C#N)C(=O)c1ccccc1. The molecule has 0 atom stereocenters. The molecule has 0 aromatic heterocycles. The molecule has 15 heavy (non-hydrogen) atoms. The molecule has 2 nitrogen and oxygen atoms in total. The molecule has 0 spiro atoms. The summed E-state index contributed by atoms with van der Waals surface area (Å²) >= 11 is 1.46. The molecular formula is C12H11NOS. The second kappa shape index (κ2) is 6.05. The molecule has 0 aliphatic rings. The van der Waals surface area contributed by atoms with E-state index in [2.05, 4.69) is 0 Å². The Hall–Kier alpha value is -1.53. The van der Waals surface area contributed by atoms with Gasteiger partial charge < -0.3 is 0 Å². The quantitative estimate of drug-likeness (QED) is 0.442. The Labute approximate surface area is 93.6 Å². The predicted octanol–water partition coefficient (Wildman–Crippen LogP) is 3.03. The van der Waals surface area contributed by atoms with Gasteiger partial charge in [-0.3, -0.25) is 4.79 Å². The van der Waals surface area contributed by atoms with E-state index in [1.807, 2.05) is 19.1 Å². The number of hydrogen-bond donors (Lipinski definition) is 0. The summed E-state index contributed by atoms with van der Waals surface area (Å²) in [6.07, 6.45) is 0. The second-order valence-corrected chi connectivity index (χ2v) is 3.94. The average Bonchev–Trinajstić information content (AvgIpc) is 2.31. The van der Waals surface area contributed by atoms with Gasteiger partial charge in [-0.05, 0) is 11.2 Å². The van der Waals surface area contributed by atoms with Gasteiger partial charge in [-0.1, -0.05) is 37.3 Å². The highest BCUT2D eigenvalue weighted by atomic mass is 32.2. The van der Waals surface area contributed by atoms with E-state index in [1.54, 1.807) is 29.7 Å². The zero-order valence-corrected chi connectivity index (χ0v) is 9.25. The van der Waals surface area contributed by atoms with Crippen LogP contribution in [0.2, 0.25) is 0 Å². The van der Waals surface area contributed by atoms with Crippen LogP contribution in [0.1, 0.15) is 17.3 Å². The summed E-state index contributed by atoms with van der Waals surface area (Å²) < 4.78 is 0. The first kappa shape index (κ1) is 11.5. The molecule has 0 amide bonds. The molecule has 0 aliphatic carbocycles. The second-order valence-electron chi connectivity index (χ2n) is 2.79. The lowest BCUT2D eigenvalue weighted by atomic mass is 10.1. The van der Waals surface area contributed by atoms with Crippen LogP contribution in [-0.2, 0) is 0 Å². The van der Waals surface area contributed by atoms with Crippen molar-refractivity contribution in [2.75, 3.05) is 5.75 Å². The van der Waals surface area contributed by atoms with Crippen molar-refractivity contribution in [3.63, 3.8) is 0 Å². The van der Waals surface area contributed by atoms with Crippen molar-refractivity contribution in [2.24, 2.45) is 0 Å². The first-order chi connectivity index (χ1) is 7.29. The summed E-state index contributed by atoms with van der Waals surface area (Å²) in [5.41, 5.74) is 0.759. The van der Waals surface area contributed by atoms with E-state index in [-0.39, 0.29) is 11.4 Å². The summed E-state index contributed by atoms with van der Waals surface area (Å²) in [6, 6.07) is 10.8. The summed E-state index contributed by atoms with van der Waals surface area (Å²) in [6.45, 7) is 1.98. The van der Waals surface area contributed by atoms with Crippen LogP contribution in [0.5, 0.6) is 0 Å². The first-order valence-corrected chi connectivity index (χ1v) is 5.66. The third kappa shape index (κ3) is 3.26. The Balaban J connectivity index is 2.89. The number of nitriles is 1. The van der Waals surface area contributed by atoms with Crippen molar-refractivity contribution in [3.05, 3.63) is 46.9 Å². The summed E-state index contributed by atoms with van der Waals surface area (Å²) in [5, 5.41) is 10.5. The van der Waals surface area contributed by atoms with Gasteiger partial charge in [0.25, 0.3) is 0 Å². The van der Waals surface area contributed by atoms with Crippen molar-refractivity contribution in [3.8, 4) is 6.07 Å². The molecule has 1 rings (SSSR count). The van der Waals surface area contributed by atoms with Crippen molar-refractivity contribution in [2.45, 2.75) is 6.92 Å². The van der Waals surface area contributed by atoms with Gasteiger partial charge in [0.15, 0.2) is 0 Å². The van der Waals surface area contributed by atoms with Crippen LogP contribution in [0.4, 0.5) is 0 Å². The number of ketones is 1. The van der Waals surface area contributed by atoms with E-state index in [1.165, 1.54) is 11.8 Å². The predicted molar refractivity (Wildman–Crippen MR) is 62.6 cm³/mol. The van der Waals surface area contributed by atoms with E-state index in [0.717, 1.165) is 5.75 Å². The fourth-order valence-electron chi connectivity index (χ4n) is 1.04. The number of benzene rings is 1. The Bertz CT molecular complexity index is 403. The highest BCUT2D eigenvalue weighted by molar-refractivity contribution is 8.02. The van der Waals surface area contributed by atoms with Gasteiger partial charge in [-0.25, -0.2) is 0 Å². The van der Waals surface area contributed by atoms with Gasteiger partial charge in [0, 0.05) is 5.56 Å². The minimum Gasteiger partial charge on any atom is -0.288 e. The number of allylic oxidation sites excluding steroid dienone is 1. The van der Waals surface area contributed by atoms with E-state index in [4.69, 9.17) is 5.26 Å². The van der Waals surface area contributed by atoms with Crippen LogP contribution in [0.25, 0.3) is 0 Å². The van der Waals surface area contributed by atoms with Crippen LogP contribution < -0.4 is 0 Å². The molecule has 0 saturated carbocycles. The smallest absolute Gasteiger partial charge is 0.204 e. The highest BCUT2D eigenvalue weighted by Gasteiger charge is 2.10. The topological polar surface area (TPSA) is 40.9 Å². The largest absolute Gasteiger partial charge is 0.288 e. The number of thioether (sulfide) groups is 1. The van der Waals surface area contributed by atoms with Crippen LogP contribution in [0, 0.1) is 11.3 Å². The standard InChI is InChI=1S/C12H11NOS/c1-2-15-9-11(8-13)12(14)10-6-4-3-5-7-10/h3-7,9H,2H2,1H3. The molecule has 0 bridgehead atoms. The fourth-order valence-corrected chi connectivity index (χ4v) is 1.54. The zero-order valence-electron chi connectivity index (χ0n) is 8.43. The molecule has 1 aromatic carbocycles. The van der Waals surface area contributed by atoms with Gasteiger partial charge in [0.1, 0.15) is 11.6 Å². The molecule has 0 fully saturated rings. The molecule has 1 aromatic rings. The minimum atomic E-state index is -0.209. The number of rotatable bonds is 4. The fraction of sp³-hybridized carbons (Fsp3) is 0.167. The Morgan fingerprint density at radius 3 is 2.67 bits per heavy atom. The van der Waals surface area contributed by atoms with E-state index in [9.17, 15) is 4.79 Å². The average molecular weight is 217 g/mol. The zero-order chi connectivity index (χ0) is 11.1. The molecule has 3 heteroatoms. The maximum absolute atomic E-state index is 11.8. The molecule has 0 radical (unpaired) electrons. The van der Waals surface area contributed by atoms with Crippen molar-refractivity contribution in [1.29, 1.82) is 5.26 Å². The van der Waals surface area contributed by atoms with Gasteiger partial charge in [-0.2, -0.15) is 5.26 Å². The summed E-state index contributed by atoms with van der Waals surface area (Å²) in [5.74, 6) is 0.645. The Kier molecular flexibility index (Phi) is 4.65. The normalized spacial score (nSPS) is 10.8. The third-order valence-electron chi connectivity index (χ3n) is 1.77. The number of hydrogen-bond acceptors (Lipinski definition) is 3. The van der Waals surface area contributed by atoms with Gasteiger partial charge in [0.05, 0.1) is 0 Å². The van der Waals surface area contributed by atoms with Crippen LogP contribution in [0.3, 0.4) is 0 Å². The monoisotopic (exact) mass is 217 g/mol. The lowest BCUT2D eigenvalue weighted by molar-refractivity contribution is 0.103. The molecule has 0 N–H and O–H groups in total. The van der Waals surface area contributed by atoms with Crippen LogP contribution >= 0.6 is 11.8 Å². The van der Waals surface area contributed by atoms with Crippen molar-refractivity contribution in [1.82, 2.24) is 0 Å². The number of carbonyl (C=O) groups excluding carboxylic acids is 1. The summed E-state index contributed by atoms with van der Waals surface area (Å²) in [4.78, 5) is 11.8. The van der Waals surface area contributed by atoms with Crippen LogP contribution in [-0.4, -0.2) is 11.5 Å². The van der Waals surface area contributed by atoms with Gasteiger partial charge in [0.2, 0.25) is 5.78 Å². The maximum atomic E-state index is 11.8. The van der Waals surface area contributed by atoms with Crippen LogP contribution in [0.15, 0.2) is 41.3 Å². The Morgan fingerprint density at radius 2 is 2.13 bits per heavy atom. The molecule has 0 saturated heterocycles. The lowest BCUT2D eigenvalue weighted by Gasteiger charge is -1.97. The first-order valence-electron chi connectivity index (χ1n) is 4.61. The van der Waals surface area contributed by atoms with E-state index in [0.29, 0.717) is 5.56 Å². The maximum Gasteiger partial charge on any atom is 0.204 e. The van der Waals surface area contributed by atoms with Gasteiger partial charge in [-0.15, -0.1) is 11.8 Å². The lowest BCUT2D eigenvalue weighted by Crippen LogP contribution is -2.00. The molecule has 76 valence electrons. The molecule has 0 heterocycles. The van der Waals surface area contributed by atoms with E-state index < -0.39 is 0 Å².